The maximum Gasteiger partial charge on any atom is 0.263 e. The molecule has 0 saturated carbocycles. The number of amides is 1. The summed E-state index contributed by atoms with van der Waals surface area (Å²) < 4.78 is 1.66. The normalized spacial score (nSPS) is 17.1. The standard InChI is InChI=1S/C21H25N3O2S2/c1-3-10-24-20(26)18-15-6-4-5-7-16(15)28-19(18)22-21(24)27-13-17(25)23-11-8-14(2)9-12-23/h3,5,7,14H,1,4,6,8-13H2,2H3. The van der Waals surface area contributed by atoms with Crippen molar-refractivity contribution in [3.63, 3.8) is 0 Å². The summed E-state index contributed by atoms with van der Waals surface area (Å²) in [5, 5.41) is 1.35. The van der Waals surface area contributed by atoms with Crippen LogP contribution in [0.25, 0.3) is 16.3 Å². The van der Waals surface area contributed by atoms with Gasteiger partial charge in [0.15, 0.2) is 5.16 Å². The van der Waals surface area contributed by atoms with Crippen molar-refractivity contribution in [3.05, 3.63) is 39.5 Å². The summed E-state index contributed by atoms with van der Waals surface area (Å²) >= 11 is 2.94. The predicted octanol–water partition coefficient (Wildman–Crippen LogP) is 3.95. The van der Waals surface area contributed by atoms with Crippen LogP contribution in [0.4, 0.5) is 0 Å². The first kappa shape index (κ1) is 19.5. The molecule has 7 heteroatoms. The van der Waals surface area contributed by atoms with Crippen LogP contribution in [0, 0.1) is 5.92 Å². The summed E-state index contributed by atoms with van der Waals surface area (Å²) in [7, 11) is 0. The molecule has 1 aliphatic carbocycles. The Labute approximate surface area is 173 Å². The number of hydrogen-bond acceptors (Lipinski definition) is 5. The molecular formula is C21H25N3O2S2. The van der Waals surface area contributed by atoms with Gasteiger partial charge in [-0.1, -0.05) is 30.8 Å². The lowest BCUT2D eigenvalue weighted by Gasteiger charge is -2.30. The molecule has 0 unspecified atom stereocenters. The molecule has 2 aliphatic rings. The van der Waals surface area contributed by atoms with Gasteiger partial charge in [-0.15, -0.1) is 17.9 Å². The number of thioether (sulfide) groups is 1. The third kappa shape index (κ3) is 3.70. The van der Waals surface area contributed by atoms with E-state index in [0.29, 0.717) is 23.4 Å². The van der Waals surface area contributed by atoms with E-state index >= 15 is 0 Å². The molecule has 0 aromatic carbocycles. The van der Waals surface area contributed by atoms with Gasteiger partial charge in [0.2, 0.25) is 5.91 Å². The zero-order valence-corrected chi connectivity index (χ0v) is 17.8. The van der Waals surface area contributed by atoms with E-state index in [9.17, 15) is 9.59 Å². The van der Waals surface area contributed by atoms with Crippen LogP contribution in [0.1, 0.15) is 36.6 Å². The largest absolute Gasteiger partial charge is 0.342 e. The van der Waals surface area contributed by atoms with Gasteiger partial charge in [-0.2, -0.15) is 0 Å². The number of nitrogens with zero attached hydrogens (tertiary/aromatic N) is 3. The van der Waals surface area contributed by atoms with Gasteiger partial charge in [0.25, 0.3) is 5.56 Å². The van der Waals surface area contributed by atoms with Crippen molar-refractivity contribution in [2.24, 2.45) is 5.92 Å². The summed E-state index contributed by atoms with van der Waals surface area (Å²) in [6.07, 6.45) is 9.93. The molecule has 1 saturated heterocycles. The molecule has 2 aromatic rings. The monoisotopic (exact) mass is 415 g/mol. The van der Waals surface area contributed by atoms with Crippen LogP contribution >= 0.6 is 23.1 Å². The number of aryl methyl sites for hydroxylation is 1. The number of thiophene rings is 1. The Hall–Kier alpha value is -1.86. The Kier molecular flexibility index (Phi) is 5.73. The average molecular weight is 416 g/mol. The minimum Gasteiger partial charge on any atom is -0.342 e. The molecule has 1 amide bonds. The fourth-order valence-corrected chi connectivity index (χ4v) is 5.92. The van der Waals surface area contributed by atoms with Gasteiger partial charge in [-0.3, -0.25) is 14.2 Å². The first-order valence-corrected chi connectivity index (χ1v) is 11.6. The van der Waals surface area contributed by atoms with Crippen LogP contribution in [0.3, 0.4) is 0 Å². The summed E-state index contributed by atoms with van der Waals surface area (Å²) in [6.45, 7) is 8.09. The number of aromatic nitrogens is 2. The summed E-state index contributed by atoms with van der Waals surface area (Å²) in [6, 6.07) is 0. The molecular weight excluding hydrogens is 390 g/mol. The van der Waals surface area contributed by atoms with Crippen molar-refractivity contribution in [1.82, 2.24) is 14.5 Å². The maximum absolute atomic E-state index is 13.2. The highest BCUT2D eigenvalue weighted by Crippen LogP contribution is 2.34. The number of carbonyl (C=O) groups excluding carboxylic acids is 1. The van der Waals surface area contributed by atoms with E-state index in [4.69, 9.17) is 4.98 Å². The van der Waals surface area contributed by atoms with Crippen molar-refractivity contribution in [3.8, 4) is 0 Å². The topological polar surface area (TPSA) is 55.2 Å². The highest BCUT2D eigenvalue weighted by Gasteiger charge is 2.23. The average Bonchev–Trinajstić information content (AvgIpc) is 3.07. The van der Waals surface area contributed by atoms with Crippen LogP contribution in [-0.2, 0) is 17.8 Å². The minimum atomic E-state index is -0.0144. The second kappa shape index (κ2) is 8.25. The molecule has 1 fully saturated rings. The molecule has 148 valence electrons. The number of hydrogen-bond donors (Lipinski definition) is 0. The van der Waals surface area contributed by atoms with E-state index in [-0.39, 0.29) is 11.5 Å². The minimum absolute atomic E-state index is 0.0144. The molecule has 0 radical (unpaired) electrons. The molecule has 1 aliphatic heterocycles. The second-order valence-corrected chi connectivity index (χ2v) is 9.49. The second-order valence-electron chi connectivity index (χ2n) is 7.52. The van der Waals surface area contributed by atoms with Crippen LogP contribution < -0.4 is 5.56 Å². The number of likely N-dealkylation sites (tertiary alicyclic amines) is 1. The van der Waals surface area contributed by atoms with E-state index in [1.54, 1.807) is 22.0 Å². The number of rotatable bonds is 5. The van der Waals surface area contributed by atoms with Crippen molar-refractivity contribution < 1.29 is 4.79 Å². The van der Waals surface area contributed by atoms with E-state index in [2.05, 4.69) is 25.7 Å². The first-order valence-electron chi connectivity index (χ1n) is 9.82. The van der Waals surface area contributed by atoms with E-state index in [1.807, 2.05) is 4.90 Å². The summed E-state index contributed by atoms with van der Waals surface area (Å²) in [5.41, 5.74) is 1.10. The van der Waals surface area contributed by atoms with E-state index in [0.717, 1.165) is 59.4 Å². The number of fused-ring (bicyclic) bond motifs is 3. The third-order valence-corrected chi connectivity index (χ3v) is 7.56. The molecule has 28 heavy (non-hydrogen) atoms. The maximum atomic E-state index is 13.2. The van der Waals surface area contributed by atoms with E-state index in [1.165, 1.54) is 11.8 Å². The van der Waals surface area contributed by atoms with E-state index < -0.39 is 0 Å². The Morgan fingerprint density at radius 1 is 1.43 bits per heavy atom. The van der Waals surface area contributed by atoms with Gasteiger partial charge >= 0.3 is 0 Å². The van der Waals surface area contributed by atoms with Crippen molar-refractivity contribution in [2.75, 3.05) is 18.8 Å². The number of piperidine rings is 1. The zero-order valence-electron chi connectivity index (χ0n) is 16.1. The van der Waals surface area contributed by atoms with Crippen LogP contribution in [0.15, 0.2) is 28.7 Å². The summed E-state index contributed by atoms with van der Waals surface area (Å²) in [4.78, 5) is 34.5. The fourth-order valence-electron chi connectivity index (χ4n) is 3.81. The van der Waals surface area contributed by atoms with Gasteiger partial charge < -0.3 is 4.90 Å². The first-order chi connectivity index (χ1) is 13.6. The molecule has 0 bridgehead atoms. The third-order valence-electron chi connectivity index (χ3n) is 5.51. The highest BCUT2D eigenvalue weighted by atomic mass is 32.2. The Bertz CT molecular complexity index is 997. The number of allylic oxidation sites excluding steroid dienone is 2. The SMILES string of the molecule is C=CCn1c(SCC(=O)N2CCC(C)CC2)nc2sc3c(c2c1=O)CCC=C3. The van der Waals surface area contributed by atoms with Crippen LogP contribution in [0.2, 0.25) is 0 Å². The lowest BCUT2D eigenvalue weighted by molar-refractivity contribution is -0.129. The molecule has 4 rings (SSSR count). The van der Waals surface area contributed by atoms with Crippen molar-refractivity contribution in [2.45, 2.75) is 44.3 Å². The lowest BCUT2D eigenvalue weighted by atomic mass is 9.99. The zero-order chi connectivity index (χ0) is 19.7. The van der Waals surface area contributed by atoms with Gasteiger partial charge in [-0.05, 0) is 43.2 Å². The van der Waals surface area contributed by atoms with Gasteiger partial charge in [0.05, 0.1) is 11.1 Å². The lowest BCUT2D eigenvalue weighted by Crippen LogP contribution is -2.39. The van der Waals surface area contributed by atoms with Gasteiger partial charge in [-0.25, -0.2) is 4.98 Å². The molecule has 0 N–H and O–H groups in total. The molecule has 2 aromatic heterocycles. The smallest absolute Gasteiger partial charge is 0.263 e. The highest BCUT2D eigenvalue weighted by molar-refractivity contribution is 7.99. The quantitative estimate of drug-likeness (QED) is 0.421. The fraction of sp³-hybridized carbons (Fsp3) is 0.476. The predicted molar refractivity (Wildman–Crippen MR) is 117 cm³/mol. The number of carbonyl (C=O) groups is 1. The van der Waals surface area contributed by atoms with Crippen molar-refractivity contribution in [1.29, 1.82) is 0 Å². The van der Waals surface area contributed by atoms with Crippen molar-refractivity contribution >= 4 is 45.3 Å². The summed E-state index contributed by atoms with van der Waals surface area (Å²) in [5.74, 6) is 1.14. The Balaban J connectivity index is 1.62. The molecule has 0 atom stereocenters. The molecule has 3 heterocycles. The van der Waals surface area contributed by atoms with Crippen LogP contribution in [0.5, 0.6) is 0 Å². The Morgan fingerprint density at radius 2 is 2.21 bits per heavy atom. The molecule has 5 nitrogen and oxygen atoms in total. The Morgan fingerprint density at radius 3 is 2.96 bits per heavy atom. The van der Waals surface area contributed by atoms with Gasteiger partial charge in [0.1, 0.15) is 4.83 Å². The van der Waals surface area contributed by atoms with Crippen LogP contribution in [-0.4, -0.2) is 39.2 Å². The molecule has 0 spiro atoms. The van der Waals surface area contributed by atoms with Gasteiger partial charge in [0, 0.05) is 24.5 Å².